The lowest BCUT2D eigenvalue weighted by atomic mass is 10.1. The van der Waals surface area contributed by atoms with Crippen LogP contribution in [0.15, 0.2) is 60.7 Å². The van der Waals surface area contributed by atoms with Crippen molar-refractivity contribution in [2.24, 2.45) is 0 Å². The predicted octanol–water partition coefficient (Wildman–Crippen LogP) is 4.88. The van der Waals surface area contributed by atoms with E-state index in [0.717, 1.165) is 13.1 Å². The third kappa shape index (κ3) is 4.44. The molecule has 2 rings (SSSR count). The summed E-state index contributed by atoms with van der Waals surface area (Å²) in [6.07, 6.45) is 3.84. The van der Waals surface area contributed by atoms with Gasteiger partial charge in [0.05, 0.1) is 0 Å². The molecule has 0 atom stereocenters. The molecule has 0 aromatic heterocycles. The molecule has 1 nitrogen and oxygen atoms in total. The molecule has 0 bridgehead atoms. The summed E-state index contributed by atoms with van der Waals surface area (Å²) in [4.78, 5) is 2.48. The molecule has 2 aromatic rings. The third-order valence-electron chi connectivity index (χ3n) is 3.37. The molecule has 0 saturated heterocycles. The molecule has 0 heterocycles. The Balaban J connectivity index is 2.06. The summed E-state index contributed by atoms with van der Waals surface area (Å²) in [7, 11) is 0. The van der Waals surface area contributed by atoms with Crippen LogP contribution in [-0.2, 0) is 6.54 Å². The molecule has 0 aliphatic rings. The molecule has 100 valence electrons. The van der Waals surface area contributed by atoms with Gasteiger partial charge in [0, 0.05) is 18.8 Å². The molecule has 0 radical (unpaired) electrons. The zero-order chi connectivity index (χ0) is 13.3. The van der Waals surface area contributed by atoms with Crippen molar-refractivity contribution in [1.82, 2.24) is 0 Å². The average molecular weight is 253 g/mol. The Hall–Kier alpha value is -1.76. The zero-order valence-corrected chi connectivity index (χ0v) is 11.8. The Morgan fingerprint density at radius 2 is 1.42 bits per heavy atom. The Bertz CT molecular complexity index is 450. The molecule has 0 aliphatic heterocycles. The minimum absolute atomic E-state index is 0.995. The van der Waals surface area contributed by atoms with Gasteiger partial charge in [0.25, 0.3) is 0 Å². The van der Waals surface area contributed by atoms with Crippen LogP contribution >= 0.6 is 0 Å². The third-order valence-corrected chi connectivity index (χ3v) is 3.37. The number of hydrogen-bond acceptors (Lipinski definition) is 1. The molecule has 0 spiro atoms. The van der Waals surface area contributed by atoms with Crippen molar-refractivity contribution in [3.63, 3.8) is 0 Å². The van der Waals surface area contributed by atoms with Crippen molar-refractivity contribution in [3.8, 4) is 0 Å². The lowest BCUT2D eigenvalue weighted by molar-refractivity contribution is 0.675. The fourth-order valence-corrected chi connectivity index (χ4v) is 2.29. The largest absolute Gasteiger partial charge is 0.367 e. The van der Waals surface area contributed by atoms with E-state index in [0.29, 0.717) is 0 Å². The van der Waals surface area contributed by atoms with E-state index in [4.69, 9.17) is 0 Å². The number of nitrogens with zero attached hydrogens (tertiary/aromatic N) is 1. The van der Waals surface area contributed by atoms with Crippen LogP contribution in [-0.4, -0.2) is 6.54 Å². The summed E-state index contributed by atoms with van der Waals surface area (Å²) >= 11 is 0. The summed E-state index contributed by atoms with van der Waals surface area (Å²) in [6, 6.07) is 21.4. The van der Waals surface area contributed by atoms with Crippen LogP contribution in [0.25, 0.3) is 0 Å². The Kier molecular flexibility index (Phi) is 5.49. The van der Waals surface area contributed by atoms with Crippen molar-refractivity contribution in [2.75, 3.05) is 11.4 Å². The highest BCUT2D eigenvalue weighted by Gasteiger charge is 2.06. The quantitative estimate of drug-likeness (QED) is 0.635. The maximum absolute atomic E-state index is 2.48. The first kappa shape index (κ1) is 13.7. The zero-order valence-electron chi connectivity index (χ0n) is 11.8. The van der Waals surface area contributed by atoms with Crippen LogP contribution < -0.4 is 4.90 Å². The second-order valence-corrected chi connectivity index (χ2v) is 4.95. The van der Waals surface area contributed by atoms with Crippen molar-refractivity contribution in [1.29, 1.82) is 0 Å². The first-order valence-electron chi connectivity index (χ1n) is 7.24. The van der Waals surface area contributed by atoms with E-state index in [-0.39, 0.29) is 0 Å². The fraction of sp³-hybridized carbons (Fsp3) is 0.333. The molecular weight excluding hydrogens is 230 g/mol. The number of rotatable bonds is 7. The van der Waals surface area contributed by atoms with Crippen molar-refractivity contribution < 1.29 is 0 Å². The fourth-order valence-electron chi connectivity index (χ4n) is 2.29. The highest BCUT2D eigenvalue weighted by atomic mass is 15.1. The first-order valence-corrected chi connectivity index (χ1v) is 7.24. The van der Waals surface area contributed by atoms with Crippen LogP contribution in [0.1, 0.15) is 31.7 Å². The second-order valence-electron chi connectivity index (χ2n) is 4.95. The molecule has 0 aliphatic carbocycles. The Labute approximate surface area is 116 Å². The van der Waals surface area contributed by atoms with E-state index >= 15 is 0 Å². The summed E-state index contributed by atoms with van der Waals surface area (Å²) in [6.45, 7) is 4.38. The molecule has 0 amide bonds. The minimum Gasteiger partial charge on any atom is -0.367 e. The van der Waals surface area contributed by atoms with E-state index in [1.54, 1.807) is 0 Å². The number of para-hydroxylation sites is 1. The maximum atomic E-state index is 2.48. The van der Waals surface area contributed by atoms with Gasteiger partial charge >= 0.3 is 0 Å². The molecule has 1 heteroatoms. The number of anilines is 1. The van der Waals surface area contributed by atoms with Crippen LogP contribution in [0, 0.1) is 0 Å². The smallest absolute Gasteiger partial charge is 0.0429 e. The van der Waals surface area contributed by atoms with Crippen LogP contribution in [0.2, 0.25) is 0 Å². The van der Waals surface area contributed by atoms with Gasteiger partial charge in [-0.2, -0.15) is 0 Å². The van der Waals surface area contributed by atoms with Gasteiger partial charge in [-0.05, 0) is 24.1 Å². The predicted molar refractivity (Wildman–Crippen MR) is 83.5 cm³/mol. The van der Waals surface area contributed by atoms with Crippen LogP contribution in [0.4, 0.5) is 5.69 Å². The topological polar surface area (TPSA) is 3.24 Å². The van der Waals surface area contributed by atoms with Gasteiger partial charge in [-0.3, -0.25) is 0 Å². The van der Waals surface area contributed by atoms with Gasteiger partial charge in [0.2, 0.25) is 0 Å². The molecule has 19 heavy (non-hydrogen) atoms. The number of benzene rings is 2. The van der Waals surface area contributed by atoms with Gasteiger partial charge in [0.1, 0.15) is 0 Å². The lowest BCUT2D eigenvalue weighted by Crippen LogP contribution is -2.23. The van der Waals surface area contributed by atoms with Crippen LogP contribution in [0.5, 0.6) is 0 Å². The van der Waals surface area contributed by atoms with Crippen molar-refractivity contribution >= 4 is 5.69 Å². The Morgan fingerprint density at radius 1 is 0.789 bits per heavy atom. The second kappa shape index (κ2) is 7.63. The van der Waals surface area contributed by atoms with Gasteiger partial charge in [-0.15, -0.1) is 0 Å². The maximum Gasteiger partial charge on any atom is 0.0429 e. The SMILES string of the molecule is CCCCCN(Cc1ccccc1)c1ccccc1. The standard InChI is InChI=1S/C18H23N/c1-2-3-10-15-19(18-13-8-5-9-14-18)16-17-11-6-4-7-12-17/h4-9,11-14H,2-3,10,15-16H2,1H3. The highest BCUT2D eigenvalue weighted by molar-refractivity contribution is 5.46. The Morgan fingerprint density at radius 3 is 2.05 bits per heavy atom. The van der Waals surface area contributed by atoms with E-state index < -0.39 is 0 Å². The summed E-state index contributed by atoms with van der Waals surface area (Å²) in [5.41, 5.74) is 2.70. The monoisotopic (exact) mass is 253 g/mol. The highest BCUT2D eigenvalue weighted by Crippen LogP contribution is 2.17. The van der Waals surface area contributed by atoms with E-state index in [9.17, 15) is 0 Å². The van der Waals surface area contributed by atoms with Gasteiger partial charge in [-0.25, -0.2) is 0 Å². The summed E-state index contributed by atoms with van der Waals surface area (Å²) in [5, 5.41) is 0. The van der Waals surface area contributed by atoms with Crippen molar-refractivity contribution in [2.45, 2.75) is 32.7 Å². The van der Waals surface area contributed by atoms with Crippen molar-refractivity contribution in [3.05, 3.63) is 66.2 Å². The van der Waals surface area contributed by atoms with Crippen LogP contribution in [0.3, 0.4) is 0 Å². The molecular formula is C18H23N. The van der Waals surface area contributed by atoms with E-state index in [1.165, 1.54) is 30.5 Å². The molecule has 0 N–H and O–H groups in total. The molecule has 0 saturated carbocycles. The molecule has 0 fully saturated rings. The minimum atomic E-state index is 0.995. The number of unbranched alkanes of at least 4 members (excludes halogenated alkanes) is 2. The summed E-state index contributed by atoms with van der Waals surface area (Å²) < 4.78 is 0. The van der Waals surface area contributed by atoms with E-state index in [2.05, 4.69) is 72.5 Å². The average Bonchev–Trinajstić information content (AvgIpc) is 2.48. The number of hydrogen-bond donors (Lipinski definition) is 0. The normalized spacial score (nSPS) is 10.4. The molecule has 2 aromatic carbocycles. The summed E-state index contributed by atoms with van der Waals surface area (Å²) in [5.74, 6) is 0. The van der Waals surface area contributed by atoms with Gasteiger partial charge in [0.15, 0.2) is 0 Å². The first-order chi connectivity index (χ1) is 9.40. The van der Waals surface area contributed by atoms with E-state index in [1.807, 2.05) is 0 Å². The van der Waals surface area contributed by atoms with Gasteiger partial charge in [-0.1, -0.05) is 68.3 Å². The van der Waals surface area contributed by atoms with Gasteiger partial charge < -0.3 is 4.90 Å². The molecule has 0 unspecified atom stereocenters. The lowest BCUT2D eigenvalue weighted by Gasteiger charge is -2.25.